The average molecular weight is 607 g/mol. The standard InChI is InChI=1S/C36H74O.C6H12/c1-3-5-7-9-11-13-15-17-19-21-23-25-27-29-31-33-35-37-36-34-32-30-28-26-24-22-20-18-16-14-12-10-8-6-4-2;1-4-6(3)5-2/h3-36H2,1-2H3;4H,5H2,1-3H3. The summed E-state index contributed by atoms with van der Waals surface area (Å²) in [6.07, 6.45) is 49.4. The van der Waals surface area contributed by atoms with Crippen molar-refractivity contribution in [3.63, 3.8) is 0 Å². The van der Waals surface area contributed by atoms with Gasteiger partial charge in [0.05, 0.1) is 0 Å². The molecule has 43 heavy (non-hydrogen) atoms. The summed E-state index contributed by atoms with van der Waals surface area (Å²) in [5, 5.41) is 0. The summed E-state index contributed by atoms with van der Waals surface area (Å²) in [6.45, 7) is 13.0. The molecule has 0 atom stereocenters. The summed E-state index contributed by atoms with van der Waals surface area (Å²) in [5.41, 5.74) is 1.47. The zero-order valence-corrected chi connectivity index (χ0v) is 31.2. The van der Waals surface area contributed by atoms with Crippen molar-refractivity contribution in [1.29, 1.82) is 0 Å². The van der Waals surface area contributed by atoms with Crippen molar-refractivity contribution in [2.24, 2.45) is 0 Å². The molecular weight excluding hydrogens is 520 g/mol. The van der Waals surface area contributed by atoms with Gasteiger partial charge in [-0.3, -0.25) is 0 Å². The number of hydrogen-bond acceptors (Lipinski definition) is 1. The molecule has 0 N–H and O–H groups in total. The zero-order valence-electron chi connectivity index (χ0n) is 31.2. The van der Waals surface area contributed by atoms with Crippen molar-refractivity contribution in [3.8, 4) is 0 Å². The van der Waals surface area contributed by atoms with Crippen LogP contribution in [0, 0.1) is 0 Å². The fraction of sp³-hybridized carbons (Fsp3) is 0.952. The number of unbranched alkanes of at least 4 members (excludes halogenated alkanes) is 30. The molecule has 0 aliphatic rings. The Morgan fingerprint density at radius 1 is 0.349 bits per heavy atom. The Kier molecular flexibility index (Phi) is 45.7. The van der Waals surface area contributed by atoms with Gasteiger partial charge in [0.15, 0.2) is 0 Å². The fourth-order valence-electron chi connectivity index (χ4n) is 5.81. The molecule has 0 heterocycles. The van der Waals surface area contributed by atoms with E-state index >= 15 is 0 Å². The highest BCUT2D eigenvalue weighted by Gasteiger charge is 1.97. The number of allylic oxidation sites excluding steroid dienone is 2. The molecule has 0 aromatic rings. The Labute approximate surface area is 275 Å². The maximum Gasteiger partial charge on any atom is 0.0466 e. The first-order valence-electron chi connectivity index (χ1n) is 20.4. The van der Waals surface area contributed by atoms with E-state index in [2.05, 4.69) is 40.7 Å². The van der Waals surface area contributed by atoms with Crippen LogP contribution in [0.25, 0.3) is 0 Å². The summed E-state index contributed by atoms with van der Waals surface area (Å²) in [7, 11) is 0. The van der Waals surface area contributed by atoms with Gasteiger partial charge in [-0.1, -0.05) is 225 Å². The lowest BCUT2D eigenvalue weighted by Crippen LogP contribution is -1.97. The highest BCUT2D eigenvalue weighted by Crippen LogP contribution is 2.15. The molecule has 0 aliphatic carbocycles. The van der Waals surface area contributed by atoms with Crippen LogP contribution in [0.4, 0.5) is 0 Å². The minimum Gasteiger partial charge on any atom is -0.381 e. The minimum atomic E-state index is 0.997. The summed E-state index contributed by atoms with van der Waals surface area (Å²) in [4.78, 5) is 0. The summed E-state index contributed by atoms with van der Waals surface area (Å²) < 4.78 is 5.87. The molecule has 0 unspecified atom stereocenters. The predicted octanol–water partition coefficient (Wildman–Crippen LogP) is 15.9. The van der Waals surface area contributed by atoms with Gasteiger partial charge in [-0.15, -0.1) is 0 Å². The number of hydrogen-bond donors (Lipinski definition) is 0. The second-order valence-electron chi connectivity index (χ2n) is 13.7. The fourth-order valence-corrected chi connectivity index (χ4v) is 5.81. The van der Waals surface area contributed by atoms with E-state index in [0.717, 1.165) is 13.2 Å². The molecule has 0 bridgehead atoms. The van der Waals surface area contributed by atoms with Gasteiger partial charge in [0.1, 0.15) is 0 Å². The van der Waals surface area contributed by atoms with Crippen LogP contribution < -0.4 is 0 Å². The van der Waals surface area contributed by atoms with Gasteiger partial charge < -0.3 is 4.74 Å². The van der Waals surface area contributed by atoms with Gasteiger partial charge in [-0.2, -0.15) is 0 Å². The van der Waals surface area contributed by atoms with E-state index in [1.165, 1.54) is 217 Å². The third-order valence-corrected chi connectivity index (χ3v) is 9.33. The third kappa shape index (κ3) is 46.2. The van der Waals surface area contributed by atoms with Crippen LogP contribution in [0.15, 0.2) is 11.6 Å². The highest BCUT2D eigenvalue weighted by molar-refractivity contribution is 4.93. The van der Waals surface area contributed by atoms with E-state index in [9.17, 15) is 0 Å². The SMILES string of the molecule is CC=C(C)CC.CCCCCCCCCCCCCCCCCCOCCCCCCCCCCCCCCCCCC. The van der Waals surface area contributed by atoms with E-state index < -0.39 is 0 Å². The second-order valence-corrected chi connectivity index (χ2v) is 13.7. The van der Waals surface area contributed by atoms with Crippen LogP contribution in [0.3, 0.4) is 0 Å². The van der Waals surface area contributed by atoms with E-state index in [-0.39, 0.29) is 0 Å². The Bertz CT molecular complexity index is 447. The van der Waals surface area contributed by atoms with Crippen molar-refractivity contribution in [1.82, 2.24) is 0 Å². The van der Waals surface area contributed by atoms with Gasteiger partial charge in [-0.25, -0.2) is 0 Å². The first-order valence-corrected chi connectivity index (χ1v) is 20.4. The third-order valence-electron chi connectivity index (χ3n) is 9.33. The molecule has 0 rings (SSSR count). The van der Waals surface area contributed by atoms with E-state index in [0.29, 0.717) is 0 Å². The van der Waals surface area contributed by atoms with Gasteiger partial charge >= 0.3 is 0 Å². The molecule has 0 amide bonds. The van der Waals surface area contributed by atoms with Crippen LogP contribution in [-0.2, 0) is 4.74 Å². The lowest BCUT2D eigenvalue weighted by atomic mass is 10.0. The minimum absolute atomic E-state index is 0.997. The van der Waals surface area contributed by atoms with Crippen molar-refractivity contribution < 1.29 is 4.74 Å². The molecular formula is C42H86O. The van der Waals surface area contributed by atoms with Crippen molar-refractivity contribution >= 4 is 0 Å². The molecule has 0 aromatic carbocycles. The lowest BCUT2D eigenvalue weighted by molar-refractivity contribution is 0.125. The van der Waals surface area contributed by atoms with Crippen LogP contribution in [0.1, 0.15) is 247 Å². The van der Waals surface area contributed by atoms with Gasteiger partial charge in [0.25, 0.3) is 0 Å². The molecule has 1 heteroatoms. The Balaban J connectivity index is 0. The van der Waals surface area contributed by atoms with E-state index in [1.807, 2.05) is 0 Å². The monoisotopic (exact) mass is 607 g/mol. The molecule has 0 saturated heterocycles. The molecule has 0 spiro atoms. The summed E-state index contributed by atoms with van der Waals surface area (Å²) >= 11 is 0. The molecule has 0 radical (unpaired) electrons. The van der Waals surface area contributed by atoms with Crippen LogP contribution in [0.2, 0.25) is 0 Å². The maximum absolute atomic E-state index is 5.87. The van der Waals surface area contributed by atoms with Crippen molar-refractivity contribution in [3.05, 3.63) is 11.6 Å². The number of rotatable bonds is 35. The first-order chi connectivity index (χ1) is 21.2. The largest absolute Gasteiger partial charge is 0.381 e. The molecule has 0 aromatic heterocycles. The molecule has 0 aliphatic heterocycles. The summed E-state index contributed by atoms with van der Waals surface area (Å²) in [5.74, 6) is 0. The Hall–Kier alpha value is -0.300. The van der Waals surface area contributed by atoms with E-state index in [1.54, 1.807) is 0 Å². The molecule has 0 saturated carbocycles. The van der Waals surface area contributed by atoms with Crippen LogP contribution >= 0.6 is 0 Å². The molecule has 1 nitrogen and oxygen atoms in total. The predicted molar refractivity (Wildman–Crippen MR) is 200 cm³/mol. The first kappa shape index (κ1) is 44.8. The normalized spacial score (nSPS) is 11.6. The molecule has 0 fully saturated rings. The van der Waals surface area contributed by atoms with Crippen molar-refractivity contribution in [2.45, 2.75) is 247 Å². The van der Waals surface area contributed by atoms with Gasteiger partial charge in [-0.05, 0) is 33.1 Å². The average Bonchev–Trinajstić information content (AvgIpc) is 3.03. The number of ether oxygens (including phenoxy) is 1. The maximum atomic E-state index is 5.87. The topological polar surface area (TPSA) is 9.23 Å². The van der Waals surface area contributed by atoms with Gasteiger partial charge in [0, 0.05) is 13.2 Å². The lowest BCUT2D eigenvalue weighted by Gasteiger charge is -2.06. The second kappa shape index (κ2) is 43.8. The van der Waals surface area contributed by atoms with Crippen LogP contribution in [0.5, 0.6) is 0 Å². The van der Waals surface area contributed by atoms with Gasteiger partial charge in [0.2, 0.25) is 0 Å². The quantitative estimate of drug-likeness (QED) is 0.0515. The molecule has 260 valence electrons. The van der Waals surface area contributed by atoms with E-state index in [4.69, 9.17) is 4.74 Å². The Morgan fingerprint density at radius 2 is 0.558 bits per heavy atom. The Morgan fingerprint density at radius 3 is 0.721 bits per heavy atom. The van der Waals surface area contributed by atoms with Crippen molar-refractivity contribution in [2.75, 3.05) is 13.2 Å². The summed E-state index contributed by atoms with van der Waals surface area (Å²) in [6, 6.07) is 0. The zero-order chi connectivity index (χ0) is 31.7. The smallest absolute Gasteiger partial charge is 0.0466 e. The highest BCUT2D eigenvalue weighted by atomic mass is 16.5. The van der Waals surface area contributed by atoms with Crippen LogP contribution in [-0.4, -0.2) is 13.2 Å².